The van der Waals surface area contributed by atoms with E-state index in [1.807, 2.05) is 0 Å². The first kappa shape index (κ1) is 15.8. The number of hydrogen-bond donors (Lipinski definition) is 0. The van der Waals surface area contributed by atoms with Crippen LogP contribution in [0.2, 0.25) is 0 Å². The second-order valence-electron chi connectivity index (χ2n) is 4.21. The van der Waals surface area contributed by atoms with E-state index in [9.17, 15) is 0 Å². The zero-order valence-electron chi connectivity index (χ0n) is 11.3. The van der Waals surface area contributed by atoms with E-state index in [0.717, 1.165) is 50.5 Å². The molecule has 98 valence electrons. The summed E-state index contributed by atoms with van der Waals surface area (Å²) in [5.74, 6) is 0. The second kappa shape index (κ2) is 10.0. The van der Waals surface area contributed by atoms with E-state index in [4.69, 9.17) is 14.2 Å². The van der Waals surface area contributed by atoms with Gasteiger partial charge in [0.25, 0.3) is 0 Å². The molecule has 0 radical (unpaired) electrons. The molecule has 0 aromatic carbocycles. The highest BCUT2D eigenvalue weighted by atomic mass is 16.5. The van der Waals surface area contributed by atoms with Crippen LogP contribution in [0.1, 0.15) is 13.3 Å². The van der Waals surface area contributed by atoms with Gasteiger partial charge in [0.1, 0.15) is 19.6 Å². The number of methoxy groups -OCH3 is 3. The molecule has 0 aliphatic rings. The standard InChI is InChI=1S/C12H28NO3/c1-5-6-13(7-10-14-2,8-11-15-3)9-12-16-4/h5-12H2,1-4H3/q+1. The lowest BCUT2D eigenvalue weighted by molar-refractivity contribution is -0.929. The second-order valence-corrected chi connectivity index (χ2v) is 4.21. The topological polar surface area (TPSA) is 27.7 Å². The van der Waals surface area contributed by atoms with Crippen molar-refractivity contribution in [1.29, 1.82) is 0 Å². The fraction of sp³-hybridized carbons (Fsp3) is 1.00. The Labute approximate surface area is 100 Å². The minimum absolute atomic E-state index is 0.799. The van der Waals surface area contributed by atoms with Crippen LogP contribution in [-0.4, -0.2) is 71.8 Å². The third-order valence-corrected chi connectivity index (χ3v) is 3.01. The molecule has 4 nitrogen and oxygen atoms in total. The Hall–Kier alpha value is -0.160. The van der Waals surface area contributed by atoms with Gasteiger partial charge in [-0.25, -0.2) is 0 Å². The lowest BCUT2D eigenvalue weighted by atomic mass is 10.3. The van der Waals surface area contributed by atoms with Crippen molar-refractivity contribution in [2.45, 2.75) is 13.3 Å². The highest BCUT2D eigenvalue weighted by molar-refractivity contribution is 4.46. The molecule has 0 fully saturated rings. The highest BCUT2D eigenvalue weighted by Crippen LogP contribution is 2.08. The summed E-state index contributed by atoms with van der Waals surface area (Å²) in [7, 11) is 5.27. The molecule has 0 aliphatic carbocycles. The largest absolute Gasteiger partial charge is 0.379 e. The first-order chi connectivity index (χ1) is 7.74. The van der Waals surface area contributed by atoms with Gasteiger partial charge in [-0.05, 0) is 6.42 Å². The number of quaternary nitrogens is 1. The first-order valence-electron chi connectivity index (χ1n) is 6.06. The van der Waals surface area contributed by atoms with Crippen molar-refractivity contribution in [1.82, 2.24) is 0 Å². The normalized spacial score (nSPS) is 12.0. The van der Waals surface area contributed by atoms with Gasteiger partial charge in [-0.2, -0.15) is 0 Å². The van der Waals surface area contributed by atoms with Gasteiger partial charge in [0.2, 0.25) is 0 Å². The Morgan fingerprint density at radius 3 is 1.31 bits per heavy atom. The maximum atomic E-state index is 5.21. The number of ether oxygens (including phenoxy) is 3. The van der Waals surface area contributed by atoms with Crippen molar-refractivity contribution < 1.29 is 18.7 Å². The maximum Gasteiger partial charge on any atom is 0.103 e. The minimum atomic E-state index is 0.799. The summed E-state index contributed by atoms with van der Waals surface area (Å²) in [6.07, 6.45) is 1.18. The van der Waals surface area contributed by atoms with Crippen LogP contribution in [0.15, 0.2) is 0 Å². The summed E-state index contributed by atoms with van der Waals surface area (Å²) < 4.78 is 16.7. The summed E-state index contributed by atoms with van der Waals surface area (Å²) in [5, 5.41) is 0. The van der Waals surface area contributed by atoms with Crippen molar-refractivity contribution in [3.63, 3.8) is 0 Å². The molecular weight excluding hydrogens is 206 g/mol. The maximum absolute atomic E-state index is 5.21. The fourth-order valence-electron chi connectivity index (χ4n) is 2.00. The Bertz CT molecular complexity index is 131. The van der Waals surface area contributed by atoms with Crippen LogP contribution in [0, 0.1) is 0 Å². The molecule has 0 aliphatic heterocycles. The summed E-state index contributed by atoms with van der Waals surface area (Å²) in [6, 6.07) is 0. The van der Waals surface area contributed by atoms with E-state index in [0.29, 0.717) is 0 Å². The van der Waals surface area contributed by atoms with Crippen LogP contribution >= 0.6 is 0 Å². The van der Waals surface area contributed by atoms with Crippen molar-refractivity contribution in [3.8, 4) is 0 Å². The Morgan fingerprint density at radius 1 is 0.688 bits per heavy atom. The zero-order valence-corrected chi connectivity index (χ0v) is 11.3. The van der Waals surface area contributed by atoms with Crippen LogP contribution in [0.3, 0.4) is 0 Å². The van der Waals surface area contributed by atoms with E-state index in [1.54, 1.807) is 21.3 Å². The van der Waals surface area contributed by atoms with Crippen molar-refractivity contribution in [2.24, 2.45) is 0 Å². The lowest BCUT2D eigenvalue weighted by Crippen LogP contribution is -2.54. The predicted octanol–water partition coefficient (Wildman–Crippen LogP) is 1.15. The van der Waals surface area contributed by atoms with Crippen molar-refractivity contribution in [3.05, 3.63) is 0 Å². The molecule has 0 spiro atoms. The van der Waals surface area contributed by atoms with Crippen LogP contribution in [0.5, 0.6) is 0 Å². The molecule has 0 atom stereocenters. The monoisotopic (exact) mass is 234 g/mol. The van der Waals surface area contributed by atoms with Crippen LogP contribution in [-0.2, 0) is 14.2 Å². The molecule has 4 heteroatoms. The van der Waals surface area contributed by atoms with Gasteiger partial charge in [-0.3, -0.25) is 0 Å². The fourth-order valence-corrected chi connectivity index (χ4v) is 2.00. The summed E-state index contributed by atoms with van der Waals surface area (Å²) >= 11 is 0. The molecule has 16 heavy (non-hydrogen) atoms. The Morgan fingerprint density at radius 2 is 1.06 bits per heavy atom. The van der Waals surface area contributed by atoms with E-state index < -0.39 is 0 Å². The molecule has 0 amide bonds. The average molecular weight is 234 g/mol. The molecular formula is C12H28NO3+. The highest BCUT2D eigenvalue weighted by Gasteiger charge is 2.25. The quantitative estimate of drug-likeness (QED) is 0.502. The third kappa shape index (κ3) is 6.43. The minimum Gasteiger partial charge on any atom is -0.379 e. The van der Waals surface area contributed by atoms with Gasteiger partial charge < -0.3 is 18.7 Å². The van der Waals surface area contributed by atoms with E-state index in [-0.39, 0.29) is 0 Å². The summed E-state index contributed by atoms with van der Waals surface area (Å²) in [4.78, 5) is 0. The van der Waals surface area contributed by atoms with Gasteiger partial charge in [0, 0.05) is 21.3 Å². The van der Waals surface area contributed by atoms with Gasteiger partial charge in [0.05, 0.1) is 26.4 Å². The number of nitrogens with zero attached hydrogens (tertiary/aromatic N) is 1. The predicted molar refractivity (Wildman–Crippen MR) is 65.6 cm³/mol. The summed E-state index contributed by atoms with van der Waals surface area (Å²) in [6.45, 7) is 8.90. The van der Waals surface area contributed by atoms with Gasteiger partial charge in [0.15, 0.2) is 0 Å². The Balaban J connectivity index is 4.32. The van der Waals surface area contributed by atoms with Gasteiger partial charge in [-0.1, -0.05) is 6.92 Å². The lowest BCUT2D eigenvalue weighted by Gasteiger charge is -2.38. The molecule has 0 rings (SSSR count). The van der Waals surface area contributed by atoms with Crippen molar-refractivity contribution >= 4 is 0 Å². The van der Waals surface area contributed by atoms with Gasteiger partial charge in [-0.15, -0.1) is 0 Å². The van der Waals surface area contributed by atoms with Crippen LogP contribution in [0.4, 0.5) is 0 Å². The van der Waals surface area contributed by atoms with E-state index >= 15 is 0 Å². The van der Waals surface area contributed by atoms with Crippen molar-refractivity contribution in [2.75, 3.05) is 67.3 Å². The molecule has 0 aromatic heterocycles. The number of rotatable bonds is 11. The Kier molecular flexibility index (Phi) is 9.92. The first-order valence-corrected chi connectivity index (χ1v) is 6.06. The molecule has 0 saturated heterocycles. The molecule has 0 saturated carbocycles. The zero-order chi connectivity index (χ0) is 12.3. The third-order valence-electron chi connectivity index (χ3n) is 3.01. The molecule has 0 unspecified atom stereocenters. The molecule has 0 aromatic rings. The molecule has 0 heterocycles. The van der Waals surface area contributed by atoms with Crippen LogP contribution < -0.4 is 0 Å². The smallest absolute Gasteiger partial charge is 0.103 e. The molecule has 0 bridgehead atoms. The summed E-state index contributed by atoms with van der Waals surface area (Å²) in [5.41, 5.74) is 0. The average Bonchev–Trinajstić information content (AvgIpc) is 2.31. The van der Waals surface area contributed by atoms with Crippen LogP contribution in [0.25, 0.3) is 0 Å². The number of hydrogen-bond acceptors (Lipinski definition) is 3. The van der Waals surface area contributed by atoms with Gasteiger partial charge >= 0.3 is 0 Å². The molecule has 0 N–H and O–H groups in total. The SMILES string of the molecule is CCC[N+](CCOC)(CCOC)CCOC. The van der Waals surface area contributed by atoms with E-state index in [1.165, 1.54) is 6.42 Å². The van der Waals surface area contributed by atoms with E-state index in [2.05, 4.69) is 6.92 Å².